The highest BCUT2D eigenvalue weighted by atomic mass is 16.5. The first kappa shape index (κ1) is 13.6. The molecule has 1 aromatic rings. The molecule has 92 valence electrons. The SMILES string of the molecule is CCCC#CCCc1cc(CC)ccc1OC. The number of unbranched alkanes of at least 4 members (excludes halogenated alkanes) is 1. The smallest absolute Gasteiger partial charge is 0.122 e. The van der Waals surface area contributed by atoms with Crippen LogP contribution in [0.5, 0.6) is 5.75 Å². The van der Waals surface area contributed by atoms with Crippen molar-refractivity contribution >= 4 is 0 Å². The van der Waals surface area contributed by atoms with E-state index in [1.807, 2.05) is 0 Å². The van der Waals surface area contributed by atoms with Crippen LogP contribution in [0.3, 0.4) is 0 Å². The topological polar surface area (TPSA) is 9.23 Å². The van der Waals surface area contributed by atoms with Gasteiger partial charge in [0.2, 0.25) is 0 Å². The Hall–Kier alpha value is -1.42. The van der Waals surface area contributed by atoms with Crippen molar-refractivity contribution in [2.24, 2.45) is 0 Å². The fraction of sp³-hybridized carbons (Fsp3) is 0.500. The van der Waals surface area contributed by atoms with Gasteiger partial charge in [-0.15, -0.1) is 11.8 Å². The molecule has 0 fully saturated rings. The maximum Gasteiger partial charge on any atom is 0.122 e. The lowest BCUT2D eigenvalue weighted by Gasteiger charge is -2.08. The van der Waals surface area contributed by atoms with Crippen LogP contribution in [0.4, 0.5) is 0 Å². The van der Waals surface area contributed by atoms with Gasteiger partial charge in [-0.3, -0.25) is 0 Å². The third-order valence-corrected chi connectivity index (χ3v) is 2.77. The van der Waals surface area contributed by atoms with Gasteiger partial charge in [0, 0.05) is 12.8 Å². The molecular formula is C16H22O. The zero-order valence-electron chi connectivity index (χ0n) is 11.2. The van der Waals surface area contributed by atoms with E-state index in [-0.39, 0.29) is 0 Å². The summed E-state index contributed by atoms with van der Waals surface area (Å²) in [5, 5.41) is 0. The van der Waals surface area contributed by atoms with Gasteiger partial charge in [0.25, 0.3) is 0 Å². The summed E-state index contributed by atoms with van der Waals surface area (Å²) in [6, 6.07) is 6.43. The summed E-state index contributed by atoms with van der Waals surface area (Å²) < 4.78 is 5.37. The van der Waals surface area contributed by atoms with Crippen LogP contribution in [0.1, 0.15) is 44.2 Å². The van der Waals surface area contributed by atoms with Crippen molar-refractivity contribution in [1.29, 1.82) is 0 Å². The maximum atomic E-state index is 5.37. The van der Waals surface area contributed by atoms with Crippen LogP contribution in [-0.2, 0) is 12.8 Å². The molecule has 0 saturated carbocycles. The van der Waals surface area contributed by atoms with E-state index in [1.54, 1.807) is 7.11 Å². The zero-order valence-corrected chi connectivity index (χ0v) is 11.2. The van der Waals surface area contributed by atoms with Gasteiger partial charge in [0.15, 0.2) is 0 Å². The van der Waals surface area contributed by atoms with E-state index in [0.29, 0.717) is 0 Å². The predicted octanol–water partition coefficient (Wildman–Crippen LogP) is 3.99. The molecule has 1 heteroatoms. The van der Waals surface area contributed by atoms with Crippen LogP contribution in [0.2, 0.25) is 0 Å². The van der Waals surface area contributed by atoms with E-state index in [0.717, 1.165) is 37.9 Å². The van der Waals surface area contributed by atoms with Gasteiger partial charge in [-0.2, -0.15) is 0 Å². The van der Waals surface area contributed by atoms with Crippen LogP contribution in [0.25, 0.3) is 0 Å². The van der Waals surface area contributed by atoms with E-state index in [9.17, 15) is 0 Å². The lowest BCUT2D eigenvalue weighted by molar-refractivity contribution is 0.409. The molecule has 0 heterocycles. The highest BCUT2D eigenvalue weighted by Crippen LogP contribution is 2.21. The van der Waals surface area contributed by atoms with Crippen LogP contribution < -0.4 is 4.74 Å². The summed E-state index contributed by atoms with van der Waals surface area (Å²) in [4.78, 5) is 0. The van der Waals surface area contributed by atoms with Crippen molar-refractivity contribution in [1.82, 2.24) is 0 Å². The summed E-state index contributed by atoms with van der Waals surface area (Å²) in [5.41, 5.74) is 2.64. The first-order chi connectivity index (χ1) is 8.31. The molecule has 1 rings (SSSR count). The monoisotopic (exact) mass is 230 g/mol. The molecule has 0 saturated heterocycles. The van der Waals surface area contributed by atoms with E-state index >= 15 is 0 Å². The lowest BCUT2D eigenvalue weighted by Crippen LogP contribution is -1.94. The normalized spacial score (nSPS) is 9.59. The molecule has 0 bridgehead atoms. The Morgan fingerprint density at radius 1 is 1.12 bits per heavy atom. The van der Waals surface area contributed by atoms with E-state index < -0.39 is 0 Å². The van der Waals surface area contributed by atoms with Crippen molar-refractivity contribution in [2.75, 3.05) is 7.11 Å². The third kappa shape index (κ3) is 4.53. The molecule has 0 amide bonds. The van der Waals surface area contributed by atoms with E-state index in [4.69, 9.17) is 4.74 Å². The summed E-state index contributed by atoms with van der Waals surface area (Å²) in [7, 11) is 1.73. The van der Waals surface area contributed by atoms with E-state index in [1.165, 1.54) is 11.1 Å². The van der Waals surface area contributed by atoms with Crippen molar-refractivity contribution in [3.8, 4) is 17.6 Å². The Morgan fingerprint density at radius 2 is 1.88 bits per heavy atom. The van der Waals surface area contributed by atoms with Gasteiger partial charge in [-0.25, -0.2) is 0 Å². The molecule has 0 spiro atoms. The second-order valence-corrected chi connectivity index (χ2v) is 4.10. The van der Waals surface area contributed by atoms with E-state index in [2.05, 4.69) is 43.9 Å². The third-order valence-electron chi connectivity index (χ3n) is 2.77. The molecule has 0 N–H and O–H groups in total. The minimum absolute atomic E-state index is 0.920. The fourth-order valence-electron chi connectivity index (χ4n) is 1.75. The summed E-state index contributed by atoms with van der Waals surface area (Å²) in [6.45, 7) is 4.33. The van der Waals surface area contributed by atoms with Crippen molar-refractivity contribution in [3.05, 3.63) is 29.3 Å². The summed E-state index contributed by atoms with van der Waals surface area (Å²) in [5.74, 6) is 7.38. The molecule has 0 unspecified atom stereocenters. The van der Waals surface area contributed by atoms with Crippen molar-refractivity contribution < 1.29 is 4.74 Å². The van der Waals surface area contributed by atoms with Crippen LogP contribution in [-0.4, -0.2) is 7.11 Å². The van der Waals surface area contributed by atoms with Gasteiger partial charge in [-0.1, -0.05) is 26.0 Å². The molecule has 0 radical (unpaired) electrons. The van der Waals surface area contributed by atoms with Gasteiger partial charge in [-0.05, 0) is 36.5 Å². The van der Waals surface area contributed by atoms with Crippen LogP contribution >= 0.6 is 0 Å². The largest absolute Gasteiger partial charge is 0.496 e. The average Bonchev–Trinajstić information content (AvgIpc) is 2.38. The standard InChI is InChI=1S/C16H22O/c1-4-6-7-8-9-10-15-13-14(5-2)11-12-16(15)17-3/h11-13H,4-6,9-10H2,1-3H3. The highest BCUT2D eigenvalue weighted by molar-refractivity contribution is 5.37. The van der Waals surface area contributed by atoms with Crippen LogP contribution in [0, 0.1) is 11.8 Å². The number of ether oxygens (including phenoxy) is 1. The minimum atomic E-state index is 0.920. The number of hydrogen-bond donors (Lipinski definition) is 0. The van der Waals surface area contributed by atoms with Crippen LogP contribution in [0.15, 0.2) is 18.2 Å². The lowest BCUT2D eigenvalue weighted by atomic mass is 10.0. The average molecular weight is 230 g/mol. The molecule has 0 aliphatic rings. The second kappa shape index (κ2) is 7.79. The Bertz CT molecular complexity index is 396. The summed E-state index contributed by atoms with van der Waals surface area (Å²) >= 11 is 0. The molecule has 0 atom stereocenters. The Labute approximate surface area is 105 Å². The molecule has 0 aliphatic heterocycles. The summed E-state index contributed by atoms with van der Waals surface area (Å²) in [6.07, 6.45) is 5.11. The Kier molecular flexibility index (Phi) is 6.25. The first-order valence-corrected chi connectivity index (χ1v) is 6.43. The quantitative estimate of drug-likeness (QED) is 0.695. The number of hydrogen-bond acceptors (Lipinski definition) is 1. The van der Waals surface area contributed by atoms with Gasteiger partial charge < -0.3 is 4.74 Å². The predicted molar refractivity (Wildman–Crippen MR) is 73.4 cm³/mol. The van der Waals surface area contributed by atoms with Crippen molar-refractivity contribution in [2.45, 2.75) is 46.0 Å². The second-order valence-electron chi connectivity index (χ2n) is 4.10. The number of rotatable bonds is 5. The Morgan fingerprint density at radius 3 is 2.53 bits per heavy atom. The highest BCUT2D eigenvalue weighted by Gasteiger charge is 2.02. The van der Waals surface area contributed by atoms with Gasteiger partial charge in [0.05, 0.1) is 7.11 Å². The van der Waals surface area contributed by atoms with Crippen molar-refractivity contribution in [3.63, 3.8) is 0 Å². The molecule has 0 aliphatic carbocycles. The number of aryl methyl sites for hydroxylation is 2. The fourth-order valence-corrected chi connectivity index (χ4v) is 1.75. The number of benzene rings is 1. The molecule has 1 aromatic carbocycles. The Balaban J connectivity index is 2.65. The molecule has 0 aromatic heterocycles. The number of methoxy groups -OCH3 is 1. The molecule has 1 nitrogen and oxygen atoms in total. The zero-order chi connectivity index (χ0) is 12.5. The van der Waals surface area contributed by atoms with Gasteiger partial charge >= 0.3 is 0 Å². The maximum absolute atomic E-state index is 5.37. The molecule has 17 heavy (non-hydrogen) atoms. The molecular weight excluding hydrogens is 208 g/mol. The van der Waals surface area contributed by atoms with Gasteiger partial charge in [0.1, 0.15) is 5.75 Å². The first-order valence-electron chi connectivity index (χ1n) is 6.43. The minimum Gasteiger partial charge on any atom is -0.496 e.